The zero-order chi connectivity index (χ0) is 17.8. The predicted molar refractivity (Wildman–Crippen MR) is 97.4 cm³/mol. The van der Waals surface area contributed by atoms with Crippen LogP contribution in [0.3, 0.4) is 0 Å². The molecular formula is C19H27N5O. The van der Waals surface area contributed by atoms with E-state index in [-0.39, 0.29) is 11.9 Å². The van der Waals surface area contributed by atoms with Crippen molar-refractivity contribution in [3.63, 3.8) is 0 Å². The van der Waals surface area contributed by atoms with E-state index in [1.807, 2.05) is 24.1 Å². The number of rotatable bonds is 5. The van der Waals surface area contributed by atoms with Gasteiger partial charge in [0.15, 0.2) is 0 Å². The number of carbonyl (C=O) groups excluding carboxylic acids is 1. The molecule has 1 amide bonds. The Bertz CT molecular complexity index is 674. The first-order chi connectivity index (χ1) is 12.0. The minimum Gasteiger partial charge on any atom is -0.342 e. The Balaban J connectivity index is 1.58. The van der Waals surface area contributed by atoms with Crippen LogP contribution in [0.15, 0.2) is 36.9 Å². The molecule has 1 saturated heterocycles. The number of amides is 1. The van der Waals surface area contributed by atoms with Crippen LogP contribution < -0.4 is 0 Å². The third-order valence-corrected chi connectivity index (χ3v) is 5.24. The summed E-state index contributed by atoms with van der Waals surface area (Å²) in [6.45, 7) is 6.65. The Labute approximate surface area is 149 Å². The molecule has 6 heteroatoms. The average Bonchev–Trinajstić information content (AvgIpc) is 3.16. The third kappa shape index (κ3) is 4.25. The molecule has 0 N–H and O–H groups in total. The predicted octanol–water partition coefficient (Wildman–Crippen LogP) is 2.52. The fourth-order valence-corrected chi connectivity index (χ4v) is 3.21. The summed E-state index contributed by atoms with van der Waals surface area (Å²) in [6, 6.07) is 8.42. The minimum absolute atomic E-state index is 0.178. The van der Waals surface area contributed by atoms with Crippen LogP contribution in [-0.4, -0.2) is 57.2 Å². The number of piperidine rings is 1. The normalized spacial score (nSPS) is 17.0. The maximum atomic E-state index is 12.5. The Hall–Kier alpha value is -2.21. The fourth-order valence-electron chi connectivity index (χ4n) is 3.21. The standard InChI is InChI=1S/C19H27N5O/c1-15-8-10-23(11-9-15)19(25)12-22(3)16(2)17-4-6-18(7-5-17)24-14-20-13-21-24/h4-7,13-16H,8-12H2,1-3H3. The van der Waals surface area contributed by atoms with E-state index in [9.17, 15) is 4.79 Å². The lowest BCUT2D eigenvalue weighted by molar-refractivity contribution is -0.133. The molecule has 134 valence electrons. The summed E-state index contributed by atoms with van der Waals surface area (Å²) >= 11 is 0. The van der Waals surface area contributed by atoms with Crippen molar-refractivity contribution >= 4 is 5.91 Å². The summed E-state index contributed by atoms with van der Waals surface area (Å²) in [6.07, 6.45) is 5.45. The van der Waals surface area contributed by atoms with Crippen LogP contribution in [0.25, 0.3) is 5.69 Å². The molecule has 0 aliphatic carbocycles. The van der Waals surface area contributed by atoms with E-state index in [1.54, 1.807) is 11.0 Å². The molecular weight excluding hydrogens is 314 g/mol. The van der Waals surface area contributed by atoms with Gasteiger partial charge >= 0.3 is 0 Å². The van der Waals surface area contributed by atoms with Crippen molar-refractivity contribution in [2.75, 3.05) is 26.7 Å². The topological polar surface area (TPSA) is 54.3 Å². The minimum atomic E-state index is 0.178. The van der Waals surface area contributed by atoms with Crippen molar-refractivity contribution in [1.29, 1.82) is 0 Å². The van der Waals surface area contributed by atoms with Crippen molar-refractivity contribution < 1.29 is 4.79 Å². The zero-order valence-corrected chi connectivity index (χ0v) is 15.3. The van der Waals surface area contributed by atoms with Crippen LogP contribution in [0.5, 0.6) is 0 Å². The van der Waals surface area contributed by atoms with Gasteiger partial charge < -0.3 is 4.90 Å². The molecule has 1 unspecified atom stereocenters. The average molecular weight is 341 g/mol. The number of nitrogens with zero attached hydrogens (tertiary/aromatic N) is 5. The van der Waals surface area contributed by atoms with E-state index in [4.69, 9.17) is 0 Å². The third-order valence-electron chi connectivity index (χ3n) is 5.24. The van der Waals surface area contributed by atoms with Gasteiger partial charge in [-0.1, -0.05) is 19.1 Å². The second-order valence-electron chi connectivity index (χ2n) is 7.09. The van der Waals surface area contributed by atoms with Crippen molar-refractivity contribution in [2.45, 2.75) is 32.7 Å². The number of benzene rings is 1. The van der Waals surface area contributed by atoms with E-state index < -0.39 is 0 Å². The van der Waals surface area contributed by atoms with E-state index in [0.717, 1.165) is 37.5 Å². The highest BCUT2D eigenvalue weighted by Crippen LogP contribution is 2.21. The lowest BCUT2D eigenvalue weighted by Crippen LogP contribution is -2.43. The largest absolute Gasteiger partial charge is 0.342 e. The van der Waals surface area contributed by atoms with Crippen molar-refractivity contribution in [3.8, 4) is 5.69 Å². The summed E-state index contributed by atoms with van der Waals surface area (Å²) in [7, 11) is 2.01. The van der Waals surface area contributed by atoms with Crippen LogP contribution >= 0.6 is 0 Å². The van der Waals surface area contributed by atoms with Gasteiger partial charge in [0, 0.05) is 19.1 Å². The van der Waals surface area contributed by atoms with Gasteiger partial charge in [0.2, 0.25) is 5.91 Å². The molecule has 25 heavy (non-hydrogen) atoms. The Morgan fingerprint density at radius 2 is 1.96 bits per heavy atom. The lowest BCUT2D eigenvalue weighted by atomic mass is 9.99. The summed E-state index contributed by atoms with van der Waals surface area (Å²) in [4.78, 5) is 20.6. The highest BCUT2D eigenvalue weighted by molar-refractivity contribution is 5.78. The van der Waals surface area contributed by atoms with Crippen LogP contribution in [0.2, 0.25) is 0 Å². The number of likely N-dealkylation sites (tertiary alicyclic amines) is 1. The maximum absolute atomic E-state index is 12.5. The maximum Gasteiger partial charge on any atom is 0.236 e. The van der Waals surface area contributed by atoms with E-state index in [1.165, 1.54) is 11.9 Å². The molecule has 1 aliphatic heterocycles. The van der Waals surface area contributed by atoms with E-state index in [0.29, 0.717) is 6.54 Å². The van der Waals surface area contributed by atoms with Gasteiger partial charge in [-0.25, -0.2) is 9.67 Å². The highest BCUT2D eigenvalue weighted by Gasteiger charge is 2.23. The van der Waals surface area contributed by atoms with Crippen LogP contribution in [-0.2, 0) is 4.79 Å². The first kappa shape index (κ1) is 17.6. The van der Waals surface area contributed by atoms with Gasteiger partial charge in [0.05, 0.1) is 12.2 Å². The number of hydrogen-bond acceptors (Lipinski definition) is 4. The van der Waals surface area contributed by atoms with Gasteiger partial charge in [0.1, 0.15) is 12.7 Å². The first-order valence-electron chi connectivity index (χ1n) is 8.97. The van der Waals surface area contributed by atoms with Crippen molar-refractivity contribution in [2.24, 2.45) is 5.92 Å². The molecule has 2 heterocycles. The molecule has 6 nitrogen and oxygen atoms in total. The second-order valence-corrected chi connectivity index (χ2v) is 7.09. The number of likely N-dealkylation sites (N-methyl/N-ethyl adjacent to an activating group) is 1. The summed E-state index contributed by atoms with van der Waals surface area (Å²) in [5.41, 5.74) is 2.17. The molecule has 1 atom stereocenters. The Morgan fingerprint density at radius 1 is 1.28 bits per heavy atom. The van der Waals surface area contributed by atoms with Gasteiger partial charge in [-0.05, 0) is 50.4 Å². The smallest absolute Gasteiger partial charge is 0.236 e. The summed E-state index contributed by atoms with van der Waals surface area (Å²) < 4.78 is 1.74. The van der Waals surface area contributed by atoms with Crippen LogP contribution in [0, 0.1) is 5.92 Å². The molecule has 1 aliphatic rings. The molecule has 1 fully saturated rings. The molecule has 3 rings (SSSR count). The van der Waals surface area contributed by atoms with Crippen LogP contribution in [0.1, 0.15) is 38.3 Å². The van der Waals surface area contributed by atoms with E-state index >= 15 is 0 Å². The van der Waals surface area contributed by atoms with Gasteiger partial charge in [-0.2, -0.15) is 5.10 Å². The monoisotopic (exact) mass is 341 g/mol. The van der Waals surface area contributed by atoms with E-state index in [2.05, 4.69) is 41.0 Å². The quantitative estimate of drug-likeness (QED) is 0.838. The Morgan fingerprint density at radius 3 is 2.56 bits per heavy atom. The molecule has 2 aromatic rings. The molecule has 0 radical (unpaired) electrons. The highest BCUT2D eigenvalue weighted by atomic mass is 16.2. The van der Waals surface area contributed by atoms with Crippen molar-refractivity contribution in [3.05, 3.63) is 42.5 Å². The number of aromatic nitrogens is 3. The molecule has 1 aromatic heterocycles. The fraction of sp³-hybridized carbons (Fsp3) is 0.526. The Kier molecular flexibility index (Phi) is 5.48. The van der Waals surface area contributed by atoms with Gasteiger partial charge in [-0.15, -0.1) is 0 Å². The van der Waals surface area contributed by atoms with Crippen LogP contribution in [0.4, 0.5) is 0 Å². The number of carbonyl (C=O) groups is 1. The molecule has 1 aromatic carbocycles. The number of hydrogen-bond donors (Lipinski definition) is 0. The molecule has 0 bridgehead atoms. The molecule has 0 saturated carbocycles. The lowest BCUT2D eigenvalue weighted by Gasteiger charge is -2.33. The van der Waals surface area contributed by atoms with Gasteiger partial charge in [0.25, 0.3) is 0 Å². The SMILES string of the molecule is CC1CCN(C(=O)CN(C)C(C)c2ccc(-n3cncn3)cc2)CC1. The summed E-state index contributed by atoms with van der Waals surface area (Å²) in [5.74, 6) is 0.977. The van der Waals surface area contributed by atoms with Crippen molar-refractivity contribution in [1.82, 2.24) is 24.6 Å². The molecule has 0 spiro atoms. The van der Waals surface area contributed by atoms with Gasteiger partial charge in [-0.3, -0.25) is 9.69 Å². The second kappa shape index (κ2) is 7.78. The first-order valence-corrected chi connectivity index (χ1v) is 8.97. The summed E-state index contributed by atoms with van der Waals surface area (Å²) in [5, 5.41) is 4.14. The zero-order valence-electron chi connectivity index (χ0n) is 15.3.